The number of Topliss-reactive ketones (excluding diaryl/α,β-unsaturated/α-hetero) is 1. The molecule has 1 fully saturated rings. The zero-order valence-corrected chi connectivity index (χ0v) is 16.6. The lowest BCUT2D eigenvalue weighted by Crippen LogP contribution is -2.40. The third-order valence-corrected chi connectivity index (χ3v) is 5.25. The molecule has 1 aliphatic heterocycles. The van der Waals surface area contributed by atoms with Crippen molar-refractivity contribution < 1.29 is 14.3 Å². The summed E-state index contributed by atoms with van der Waals surface area (Å²) in [5.41, 5.74) is 1.13. The van der Waals surface area contributed by atoms with E-state index in [9.17, 15) is 9.59 Å². The van der Waals surface area contributed by atoms with Crippen LogP contribution < -0.4 is 10.1 Å². The molecule has 0 spiro atoms. The van der Waals surface area contributed by atoms with Gasteiger partial charge in [0.15, 0.2) is 5.78 Å². The molecule has 1 amide bonds. The highest BCUT2D eigenvalue weighted by Crippen LogP contribution is 2.18. The molecule has 0 unspecified atom stereocenters. The Morgan fingerprint density at radius 3 is 2.61 bits per heavy atom. The summed E-state index contributed by atoms with van der Waals surface area (Å²) in [4.78, 5) is 31.0. The molecule has 1 aromatic heterocycles. The molecule has 2 aromatic rings. The van der Waals surface area contributed by atoms with Gasteiger partial charge in [0.05, 0.1) is 13.7 Å². The summed E-state index contributed by atoms with van der Waals surface area (Å²) >= 11 is 5.87. The van der Waals surface area contributed by atoms with E-state index < -0.39 is 0 Å². The number of rotatable bonds is 7. The Bertz CT molecular complexity index is 818. The maximum Gasteiger partial charge on any atom is 0.256 e. The Labute approximate surface area is 169 Å². The molecule has 1 saturated heterocycles. The summed E-state index contributed by atoms with van der Waals surface area (Å²) in [6.45, 7) is 2.70. The Balaban J connectivity index is 1.43. The average molecular weight is 402 g/mol. The van der Waals surface area contributed by atoms with Gasteiger partial charge in [0.1, 0.15) is 5.56 Å². The number of ether oxygens (including phenoxy) is 1. The number of carbonyl (C=O) groups excluding carboxylic acids is 2. The number of nitrogens with one attached hydrogen (secondary N) is 1. The van der Waals surface area contributed by atoms with Crippen LogP contribution in [0.25, 0.3) is 0 Å². The fraction of sp³-hybridized carbons (Fsp3) is 0.381. The summed E-state index contributed by atoms with van der Waals surface area (Å²) in [6.07, 6.45) is 3.48. The van der Waals surface area contributed by atoms with Gasteiger partial charge in [0, 0.05) is 23.3 Å². The number of piperidine rings is 1. The van der Waals surface area contributed by atoms with Crippen molar-refractivity contribution in [3.8, 4) is 5.88 Å². The number of hydrogen-bond donors (Lipinski definition) is 1. The van der Waals surface area contributed by atoms with Crippen molar-refractivity contribution in [3.05, 3.63) is 58.7 Å². The van der Waals surface area contributed by atoms with E-state index >= 15 is 0 Å². The second-order valence-electron chi connectivity index (χ2n) is 6.92. The van der Waals surface area contributed by atoms with Crippen molar-refractivity contribution in [2.24, 2.45) is 5.92 Å². The third kappa shape index (κ3) is 5.30. The molecule has 0 bridgehead atoms. The zero-order valence-electron chi connectivity index (χ0n) is 15.9. The molecule has 1 aliphatic rings. The summed E-state index contributed by atoms with van der Waals surface area (Å²) in [6, 6.07) is 10.4. The Hall–Kier alpha value is -2.44. The number of ketones is 1. The highest BCUT2D eigenvalue weighted by Gasteiger charge is 2.22. The van der Waals surface area contributed by atoms with E-state index in [0.29, 0.717) is 41.0 Å². The van der Waals surface area contributed by atoms with Gasteiger partial charge in [-0.2, -0.15) is 0 Å². The first-order valence-corrected chi connectivity index (χ1v) is 9.73. The van der Waals surface area contributed by atoms with Gasteiger partial charge in [-0.1, -0.05) is 11.6 Å². The molecular formula is C21H24ClN3O3. The van der Waals surface area contributed by atoms with Crippen LogP contribution in [0.4, 0.5) is 0 Å². The van der Waals surface area contributed by atoms with Crippen molar-refractivity contribution in [2.45, 2.75) is 12.8 Å². The number of hydrogen-bond acceptors (Lipinski definition) is 5. The minimum atomic E-state index is -0.176. The summed E-state index contributed by atoms with van der Waals surface area (Å²) in [5, 5.41) is 3.60. The molecule has 28 heavy (non-hydrogen) atoms. The van der Waals surface area contributed by atoms with Gasteiger partial charge in [0.25, 0.3) is 5.91 Å². The molecule has 0 radical (unpaired) electrons. The number of amides is 1. The van der Waals surface area contributed by atoms with Crippen LogP contribution >= 0.6 is 11.6 Å². The number of nitrogens with zero attached hydrogens (tertiary/aromatic N) is 2. The van der Waals surface area contributed by atoms with Crippen LogP contribution in [-0.4, -0.2) is 54.9 Å². The van der Waals surface area contributed by atoms with Crippen molar-refractivity contribution in [1.29, 1.82) is 0 Å². The SMILES string of the molecule is COc1ncccc1C(=O)NCC1CCN(CC(=O)c2ccc(Cl)cc2)CC1. The average Bonchev–Trinajstić information content (AvgIpc) is 2.73. The van der Waals surface area contributed by atoms with Crippen LogP contribution in [0.5, 0.6) is 5.88 Å². The van der Waals surface area contributed by atoms with Gasteiger partial charge >= 0.3 is 0 Å². The molecule has 148 valence electrons. The van der Waals surface area contributed by atoms with Gasteiger partial charge in [-0.05, 0) is 68.2 Å². The first-order valence-electron chi connectivity index (χ1n) is 9.35. The molecule has 7 heteroatoms. The van der Waals surface area contributed by atoms with Crippen molar-refractivity contribution in [3.63, 3.8) is 0 Å². The van der Waals surface area contributed by atoms with E-state index in [4.69, 9.17) is 16.3 Å². The highest BCUT2D eigenvalue weighted by molar-refractivity contribution is 6.30. The first-order chi connectivity index (χ1) is 13.6. The predicted molar refractivity (Wildman–Crippen MR) is 108 cm³/mol. The molecule has 1 aromatic carbocycles. The lowest BCUT2D eigenvalue weighted by Gasteiger charge is -2.31. The molecular weight excluding hydrogens is 378 g/mol. The number of aromatic nitrogens is 1. The van der Waals surface area contributed by atoms with E-state index in [1.165, 1.54) is 7.11 Å². The lowest BCUT2D eigenvalue weighted by atomic mass is 9.96. The zero-order chi connectivity index (χ0) is 19.9. The Kier molecular flexibility index (Phi) is 7.01. The van der Waals surface area contributed by atoms with Crippen molar-refractivity contribution in [1.82, 2.24) is 15.2 Å². The Morgan fingerprint density at radius 1 is 1.21 bits per heavy atom. The van der Waals surface area contributed by atoms with Crippen LogP contribution in [0.1, 0.15) is 33.6 Å². The minimum Gasteiger partial charge on any atom is -0.480 e. The van der Waals surface area contributed by atoms with E-state index in [-0.39, 0.29) is 11.7 Å². The summed E-state index contributed by atoms with van der Waals surface area (Å²) < 4.78 is 5.13. The molecule has 3 rings (SSSR count). The van der Waals surface area contributed by atoms with Gasteiger partial charge < -0.3 is 10.1 Å². The maximum atomic E-state index is 12.4. The molecule has 6 nitrogen and oxygen atoms in total. The maximum absolute atomic E-state index is 12.4. The monoisotopic (exact) mass is 401 g/mol. The lowest BCUT2D eigenvalue weighted by molar-refractivity contribution is 0.0886. The number of halogens is 1. The van der Waals surface area contributed by atoms with Crippen LogP contribution in [0.2, 0.25) is 5.02 Å². The van der Waals surface area contributed by atoms with Crippen LogP contribution in [-0.2, 0) is 0 Å². The van der Waals surface area contributed by atoms with E-state index in [1.807, 2.05) is 0 Å². The topological polar surface area (TPSA) is 71.5 Å². The van der Waals surface area contributed by atoms with E-state index in [2.05, 4.69) is 15.2 Å². The fourth-order valence-electron chi connectivity index (χ4n) is 3.34. The van der Waals surface area contributed by atoms with Crippen molar-refractivity contribution >= 4 is 23.3 Å². The number of likely N-dealkylation sites (tertiary alicyclic amines) is 1. The van der Waals surface area contributed by atoms with Gasteiger partial charge in [-0.3, -0.25) is 14.5 Å². The van der Waals surface area contributed by atoms with Gasteiger partial charge in [-0.25, -0.2) is 4.98 Å². The van der Waals surface area contributed by atoms with Crippen LogP contribution in [0, 0.1) is 5.92 Å². The predicted octanol–water partition coefficient (Wildman–Crippen LogP) is 3.07. The molecule has 0 aliphatic carbocycles. The van der Waals surface area contributed by atoms with Gasteiger partial charge in [0.2, 0.25) is 5.88 Å². The standard InChI is InChI=1S/C21H24ClN3O3/c1-28-21-18(3-2-10-23-21)20(27)24-13-15-8-11-25(12-9-15)14-19(26)16-4-6-17(22)7-5-16/h2-7,10,15H,8-9,11-14H2,1H3,(H,24,27). The van der Waals surface area contributed by atoms with Crippen LogP contribution in [0.15, 0.2) is 42.6 Å². The first kappa shape index (κ1) is 20.3. The van der Waals surface area contributed by atoms with Crippen LogP contribution in [0.3, 0.4) is 0 Å². The third-order valence-electron chi connectivity index (χ3n) is 5.00. The van der Waals surface area contributed by atoms with Crippen molar-refractivity contribution in [2.75, 3.05) is 33.3 Å². The van der Waals surface area contributed by atoms with E-state index in [0.717, 1.165) is 25.9 Å². The molecule has 1 N–H and O–H groups in total. The number of pyridine rings is 1. The van der Waals surface area contributed by atoms with E-state index in [1.54, 1.807) is 42.6 Å². The summed E-state index contributed by atoms with van der Waals surface area (Å²) in [5.74, 6) is 0.654. The number of methoxy groups -OCH3 is 1. The number of carbonyl (C=O) groups is 2. The quantitative estimate of drug-likeness (QED) is 0.722. The fourth-order valence-corrected chi connectivity index (χ4v) is 3.46. The second kappa shape index (κ2) is 9.66. The molecule has 0 atom stereocenters. The second-order valence-corrected chi connectivity index (χ2v) is 7.36. The minimum absolute atomic E-state index is 0.104. The summed E-state index contributed by atoms with van der Waals surface area (Å²) in [7, 11) is 1.50. The molecule has 2 heterocycles. The highest BCUT2D eigenvalue weighted by atomic mass is 35.5. The normalized spacial score (nSPS) is 15.2. The molecule has 0 saturated carbocycles. The number of benzene rings is 1. The largest absolute Gasteiger partial charge is 0.480 e. The smallest absolute Gasteiger partial charge is 0.256 e. The van der Waals surface area contributed by atoms with Gasteiger partial charge in [-0.15, -0.1) is 0 Å². The Morgan fingerprint density at radius 2 is 1.93 bits per heavy atom.